The molecule has 0 bridgehead atoms. The molecule has 0 fully saturated rings. The minimum absolute atomic E-state index is 0.114. The van der Waals surface area contributed by atoms with Crippen LogP contribution in [0.2, 0.25) is 0 Å². The lowest BCUT2D eigenvalue weighted by atomic mass is 10.1. The quantitative estimate of drug-likeness (QED) is 0.814. The first-order valence-electron chi connectivity index (χ1n) is 5.42. The monoisotopic (exact) mass is 245 g/mol. The molecule has 0 aliphatic heterocycles. The van der Waals surface area contributed by atoms with Crippen molar-refractivity contribution >= 4 is 17.2 Å². The van der Waals surface area contributed by atoms with Gasteiger partial charge in [-0.05, 0) is 37.3 Å². The van der Waals surface area contributed by atoms with Gasteiger partial charge < -0.3 is 10.4 Å². The zero-order valence-electron chi connectivity index (χ0n) is 9.77. The van der Waals surface area contributed by atoms with Crippen LogP contribution in [-0.4, -0.2) is 10.9 Å². The smallest absolute Gasteiger partial charge is 0.159 e. The van der Waals surface area contributed by atoms with E-state index < -0.39 is 5.82 Å². The van der Waals surface area contributed by atoms with E-state index in [-0.39, 0.29) is 11.5 Å². The van der Waals surface area contributed by atoms with Crippen LogP contribution in [0.1, 0.15) is 17.3 Å². The molecule has 0 atom stereocenters. The zero-order valence-corrected chi connectivity index (χ0v) is 9.77. The Bertz CT molecular complexity index is 596. The first-order valence-corrected chi connectivity index (χ1v) is 5.42. The number of hydrogen-bond acceptors (Lipinski definition) is 3. The molecular formula is C14H12FNO2. The maximum atomic E-state index is 13.3. The summed E-state index contributed by atoms with van der Waals surface area (Å²) >= 11 is 0. The van der Waals surface area contributed by atoms with E-state index in [0.717, 1.165) is 0 Å². The second-order valence-electron chi connectivity index (χ2n) is 3.96. The van der Waals surface area contributed by atoms with Gasteiger partial charge in [0.05, 0.1) is 0 Å². The summed E-state index contributed by atoms with van der Waals surface area (Å²) < 4.78 is 13.3. The van der Waals surface area contributed by atoms with E-state index >= 15 is 0 Å². The van der Waals surface area contributed by atoms with Crippen molar-refractivity contribution in [1.82, 2.24) is 0 Å². The highest BCUT2D eigenvalue weighted by molar-refractivity contribution is 5.95. The highest BCUT2D eigenvalue weighted by atomic mass is 19.1. The number of Topliss-reactive ketones (excluding diaryl/α,β-unsaturated/α-hetero) is 1. The average molecular weight is 245 g/mol. The highest BCUT2D eigenvalue weighted by Crippen LogP contribution is 2.22. The molecule has 0 amide bonds. The first kappa shape index (κ1) is 12.1. The fourth-order valence-corrected chi connectivity index (χ4v) is 1.62. The van der Waals surface area contributed by atoms with Crippen molar-refractivity contribution in [3.8, 4) is 5.75 Å². The van der Waals surface area contributed by atoms with Gasteiger partial charge in [0.15, 0.2) is 5.78 Å². The number of nitrogens with one attached hydrogen (secondary N) is 1. The maximum Gasteiger partial charge on any atom is 0.159 e. The first-order chi connectivity index (χ1) is 8.54. The van der Waals surface area contributed by atoms with Crippen LogP contribution in [0.25, 0.3) is 0 Å². The van der Waals surface area contributed by atoms with E-state index in [9.17, 15) is 14.3 Å². The number of rotatable bonds is 3. The van der Waals surface area contributed by atoms with Crippen LogP contribution in [-0.2, 0) is 0 Å². The molecule has 0 unspecified atom stereocenters. The standard InChI is InChI=1S/C14H12FNO2/c1-9(17)10-5-11(15)7-13(6-10)16-12-3-2-4-14(18)8-12/h2-8,16,18H,1H3. The third-order valence-corrected chi connectivity index (χ3v) is 2.44. The Balaban J connectivity index is 2.31. The molecule has 0 aromatic heterocycles. The lowest BCUT2D eigenvalue weighted by molar-refractivity contribution is 0.101. The molecule has 2 N–H and O–H groups in total. The predicted molar refractivity (Wildman–Crippen MR) is 67.8 cm³/mol. The maximum absolute atomic E-state index is 13.3. The Morgan fingerprint density at radius 3 is 2.61 bits per heavy atom. The fourth-order valence-electron chi connectivity index (χ4n) is 1.62. The summed E-state index contributed by atoms with van der Waals surface area (Å²) in [4.78, 5) is 11.2. The third-order valence-electron chi connectivity index (χ3n) is 2.44. The minimum Gasteiger partial charge on any atom is -0.508 e. The summed E-state index contributed by atoms with van der Waals surface area (Å²) in [6.07, 6.45) is 0. The molecule has 0 aliphatic rings. The molecule has 0 spiro atoms. The van der Waals surface area contributed by atoms with Gasteiger partial charge in [-0.2, -0.15) is 0 Å². The number of carbonyl (C=O) groups is 1. The summed E-state index contributed by atoms with van der Waals surface area (Å²) in [5, 5.41) is 12.2. The largest absolute Gasteiger partial charge is 0.508 e. The van der Waals surface area contributed by atoms with Crippen molar-refractivity contribution in [3.63, 3.8) is 0 Å². The van der Waals surface area contributed by atoms with Crippen LogP contribution in [0.15, 0.2) is 42.5 Å². The molecule has 2 aromatic rings. The SMILES string of the molecule is CC(=O)c1cc(F)cc(Nc2cccc(O)c2)c1. The normalized spacial score (nSPS) is 10.1. The van der Waals surface area contributed by atoms with Gasteiger partial charge in [0.2, 0.25) is 0 Å². The topological polar surface area (TPSA) is 49.3 Å². The third kappa shape index (κ3) is 2.85. The zero-order chi connectivity index (χ0) is 13.1. The summed E-state index contributed by atoms with van der Waals surface area (Å²) in [7, 11) is 0. The van der Waals surface area contributed by atoms with Crippen molar-refractivity contribution < 1.29 is 14.3 Å². The van der Waals surface area contributed by atoms with Gasteiger partial charge >= 0.3 is 0 Å². The van der Waals surface area contributed by atoms with E-state index in [1.165, 1.54) is 31.2 Å². The molecule has 0 aliphatic carbocycles. The molecule has 4 heteroatoms. The molecule has 2 aromatic carbocycles. The lowest BCUT2D eigenvalue weighted by Gasteiger charge is -2.08. The summed E-state index contributed by atoms with van der Waals surface area (Å²) in [6.45, 7) is 1.38. The van der Waals surface area contributed by atoms with Crippen molar-refractivity contribution in [2.24, 2.45) is 0 Å². The Hall–Kier alpha value is -2.36. The van der Waals surface area contributed by atoms with E-state index in [2.05, 4.69) is 5.32 Å². The molecule has 0 saturated heterocycles. The molecule has 18 heavy (non-hydrogen) atoms. The predicted octanol–water partition coefficient (Wildman–Crippen LogP) is 3.48. The fraction of sp³-hybridized carbons (Fsp3) is 0.0714. The van der Waals surface area contributed by atoms with Gasteiger partial charge in [0.25, 0.3) is 0 Å². The Morgan fingerprint density at radius 1 is 1.17 bits per heavy atom. The number of anilines is 2. The van der Waals surface area contributed by atoms with Crippen molar-refractivity contribution in [2.45, 2.75) is 6.92 Å². The average Bonchev–Trinajstić information content (AvgIpc) is 2.28. The summed E-state index contributed by atoms with van der Waals surface area (Å²) in [5.74, 6) is -0.568. The number of hydrogen-bond donors (Lipinski definition) is 2. The van der Waals surface area contributed by atoms with Crippen LogP contribution >= 0.6 is 0 Å². The van der Waals surface area contributed by atoms with Crippen LogP contribution in [0.5, 0.6) is 5.75 Å². The summed E-state index contributed by atoms with van der Waals surface area (Å²) in [5.41, 5.74) is 1.39. The van der Waals surface area contributed by atoms with E-state index in [1.54, 1.807) is 18.2 Å². The Labute approximate surface area is 104 Å². The van der Waals surface area contributed by atoms with Gasteiger partial charge in [-0.1, -0.05) is 6.07 Å². The molecule has 92 valence electrons. The second-order valence-corrected chi connectivity index (χ2v) is 3.96. The molecule has 3 nitrogen and oxygen atoms in total. The van der Waals surface area contributed by atoms with E-state index in [0.29, 0.717) is 16.9 Å². The number of ketones is 1. The van der Waals surface area contributed by atoms with Gasteiger partial charge in [-0.3, -0.25) is 4.79 Å². The molecular weight excluding hydrogens is 233 g/mol. The number of phenolic OH excluding ortho intramolecular Hbond substituents is 1. The van der Waals surface area contributed by atoms with Crippen molar-refractivity contribution in [2.75, 3.05) is 5.32 Å². The van der Waals surface area contributed by atoms with Gasteiger partial charge in [-0.25, -0.2) is 4.39 Å². The Kier molecular flexibility index (Phi) is 3.28. The lowest BCUT2D eigenvalue weighted by Crippen LogP contribution is -1.97. The number of carbonyl (C=O) groups excluding carboxylic acids is 1. The molecule has 0 saturated carbocycles. The second kappa shape index (κ2) is 4.87. The minimum atomic E-state index is -0.481. The molecule has 0 radical (unpaired) electrons. The summed E-state index contributed by atoms with van der Waals surface area (Å²) in [6, 6.07) is 10.5. The highest BCUT2D eigenvalue weighted by Gasteiger charge is 2.05. The van der Waals surface area contributed by atoms with Crippen LogP contribution in [0, 0.1) is 5.82 Å². The van der Waals surface area contributed by atoms with Crippen LogP contribution in [0.4, 0.5) is 15.8 Å². The molecule has 0 heterocycles. The van der Waals surface area contributed by atoms with Gasteiger partial charge in [-0.15, -0.1) is 0 Å². The van der Waals surface area contributed by atoms with Gasteiger partial charge in [0, 0.05) is 23.0 Å². The number of aromatic hydroxyl groups is 1. The van der Waals surface area contributed by atoms with Crippen molar-refractivity contribution in [1.29, 1.82) is 0 Å². The van der Waals surface area contributed by atoms with Crippen molar-refractivity contribution in [3.05, 3.63) is 53.8 Å². The number of halogens is 1. The van der Waals surface area contributed by atoms with Gasteiger partial charge in [0.1, 0.15) is 11.6 Å². The number of benzene rings is 2. The van der Waals surface area contributed by atoms with E-state index in [1.807, 2.05) is 0 Å². The number of phenols is 1. The van der Waals surface area contributed by atoms with Crippen LogP contribution in [0.3, 0.4) is 0 Å². The Morgan fingerprint density at radius 2 is 1.94 bits per heavy atom. The van der Waals surface area contributed by atoms with E-state index in [4.69, 9.17) is 0 Å². The molecule has 2 rings (SSSR count). The van der Waals surface area contributed by atoms with Crippen LogP contribution < -0.4 is 5.32 Å².